The van der Waals surface area contributed by atoms with E-state index in [1.807, 2.05) is 27.7 Å². The van der Waals surface area contributed by atoms with Crippen LogP contribution in [0.2, 0.25) is 0 Å². The molecule has 3 aliphatic rings. The largest absolute Gasteiger partial charge is 0.493 e. The highest BCUT2D eigenvalue weighted by Gasteiger charge is 2.51. The number of rotatable bonds is 9. The Labute approximate surface area is 255 Å². The normalized spacial score (nSPS) is 19.4. The number of carbonyl (C=O) groups excluding carboxylic acids is 1. The van der Waals surface area contributed by atoms with Crippen molar-refractivity contribution in [3.63, 3.8) is 0 Å². The third-order valence-electron chi connectivity index (χ3n) is 8.22. The van der Waals surface area contributed by atoms with Crippen LogP contribution < -0.4 is 9.47 Å². The van der Waals surface area contributed by atoms with E-state index < -0.39 is 5.41 Å². The minimum Gasteiger partial charge on any atom is -0.493 e. The lowest BCUT2D eigenvalue weighted by Crippen LogP contribution is -2.61. The van der Waals surface area contributed by atoms with E-state index >= 15 is 0 Å². The number of likely N-dealkylation sites (tertiary alicyclic amines) is 2. The molecule has 41 heavy (non-hydrogen) atoms. The number of amidine groups is 1. The van der Waals surface area contributed by atoms with Gasteiger partial charge in [-0.15, -0.1) is 0 Å². The Hall–Kier alpha value is -2.60. The van der Waals surface area contributed by atoms with Gasteiger partial charge in [0.25, 0.3) is 0 Å². The maximum Gasteiger partial charge on any atom is 0.311 e. The first-order chi connectivity index (χ1) is 19.7. The molecule has 0 unspecified atom stereocenters. The molecule has 2 aromatic carbocycles. The third-order valence-corrected chi connectivity index (χ3v) is 9.41. The van der Waals surface area contributed by atoms with E-state index in [9.17, 15) is 9.18 Å². The van der Waals surface area contributed by atoms with Crippen molar-refractivity contribution in [3.05, 3.63) is 45.3 Å². The lowest BCUT2D eigenvalue weighted by atomic mass is 9.80. The van der Waals surface area contributed by atoms with E-state index in [2.05, 4.69) is 43.6 Å². The Balaban J connectivity index is 1.24. The van der Waals surface area contributed by atoms with Gasteiger partial charge in [0, 0.05) is 32.7 Å². The molecule has 0 aromatic heterocycles. The first-order valence-corrected chi connectivity index (χ1v) is 15.5. The molecular weight excluding hydrogens is 640 g/mol. The van der Waals surface area contributed by atoms with Crippen LogP contribution >= 0.6 is 22.6 Å². The molecule has 0 saturated carbocycles. The van der Waals surface area contributed by atoms with Gasteiger partial charge in [0.15, 0.2) is 5.60 Å². The molecule has 2 aromatic rings. The monoisotopic (exact) mass is 679 g/mol. The van der Waals surface area contributed by atoms with Crippen molar-refractivity contribution in [2.75, 3.05) is 46.0 Å². The van der Waals surface area contributed by atoms with Crippen LogP contribution in [-0.4, -0.2) is 73.2 Å². The van der Waals surface area contributed by atoms with Crippen LogP contribution in [0.3, 0.4) is 0 Å². The van der Waals surface area contributed by atoms with Crippen LogP contribution in [0.5, 0.6) is 11.5 Å². The molecule has 222 valence electrons. The van der Waals surface area contributed by atoms with Gasteiger partial charge in [-0.3, -0.25) is 9.69 Å². The second-order valence-electron chi connectivity index (χ2n) is 11.3. The highest BCUT2D eigenvalue weighted by Crippen LogP contribution is 2.45. The Bertz CT molecular complexity index is 1290. The van der Waals surface area contributed by atoms with Crippen LogP contribution in [0.15, 0.2) is 35.5 Å². The number of ether oxygens (including phenoxy) is 3. The average Bonchev–Trinajstić information content (AvgIpc) is 3.38. The summed E-state index contributed by atoms with van der Waals surface area (Å²) in [7, 11) is 0. The summed E-state index contributed by atoms with van der Waals surface area (Å²) >= 11 is 2.35. The minimum atomic E-state index is -0.429. The summed E-state index contributed by atoms with van der Waals surface area (Å²) in [5.41, 5.74) is 2.09. The lowest BCUT2D eigenvalue weighted by molar-refractivity contribution is -0.156. The predicted octanol–water partition coefficient (Wildman–Crippen LogP) is 5.85. The summed E-state index contributed by atoms with van der Waals surface area (Å²) in [5, 5.41) is 4.48. The maximum absolute atomic E-state index is 13.7. The van der Waals surface area contributed by atoms with E-state index in [-0.39, 0.29) is 17.4 Å². The fraction of sp³-hybridized carbons (Fsp3) is 0.548. The zero-order valence-corrected chi connectivity index (χ0v) is 26.5. The van der Waals surface area contributed by atoms with Gasteiger partial charge in [0.05, 0.1) is 40.8 Å². The second kappa shape index (κ2) is 12.3. The summed E-state index contributed by atoms with van der Waals surface area (Å²) < 4.78 is 32.2. The summed E-state index contributed by atoms with van der Waals surface area (Å²) in [6.45, 7) is 13.0. The zero-order chi connectivity index (χ0) is 29.2. The quantitative estimate of drug-likeness (QED) is 0.244. The molecule has 1 spiro atoms. The molecule has 0 bridgehead atoms. The topological polar surface area (TPSA) is 72.8 Å². The van der Waals surface area contributed by atoms with Gasteiger partial charge in [-0.05, 0) is 92.5 Å². The van der Waals surface area contributed by atoms with Crippen LogP contribution in [0, 0.1) is 14.8 Å². The van der Waals surface area contributed by atoms with Crippen LogP contribution in [-0.2, 0) is 20.9 Å². The molecule has 5 rings (SSSR count). The van der Waals surface area contributed by atoms with Crippen molar-refractivity contribution in [1.82, 2.24) is 9.80 Å². The summed E-state index contributed by atoms with van der Waals surface area (Å²) in [5.74, 6) is 2.09. The van der Waals surface area contributed by atoms with Crippen LogP contribution in [0.1, 0.15) is 52.5 Å². The van der Waals surface area contributed by atoms with Crippen molar-refractivity contribution in [2.45, 2.75) is 59.1 Å². The number of oxime groups is 1. The first kappa shape index (κ1) is 29.9. The molecular formula is C31H39FIN3O5. The van der Waals surface area contributed by atoms with Gasteiger partial charge in [-0.2, -0.15) is 0 Å². The molecule has 0 radical (unpaired) electrons. The Morgan fingerprint density at radius 2 is 1.76 bits per heavy atom. The van der Waals surface area contributed by atoms with E-state index in [0.717, 1.165) is 89.6 Å². The summed E-state index contributed by atoms with van der Waals surface area (Å²) in [4.78, 5) is 23.0. The Morgan fingerprint density at radius 1 is 1.07 bits per heavy atom. The fourth-order valence-corrected chi connectivity index (χ4v) is 6.70. The van der Waals surface area contributed by atoms with Gasteiger partial charge in [0.1, 0.15) is 23.2 Å². The molecule has 2 saturated heterocycles. The lowest BCUT2D eigenvalue weighted by Gasteiger charge is -2.46. The van der Waals surface area contributed by atoms with Crippen LogP contribution in [0.25, 0.3) is 11.1 Å². The zero-order valence-electron chi connectivity index (χ0n) is 24.3. The predicted molar refractivity (Wildman–Crippen MR) is 164 cm³/mol. The molecule has 8 nitrogen and oxygen atoms in total. The molecule has 0 aliphatic carbocycles. The number of nitrogens with zero attached hydrogens (tertiary/aromatic N) is 3. The summed E-state index contributed by atoms with van der Waals surface area (Å²) in [6.07, 6.45) is 2.27. The average molecular weight is 680 g/mol. The van der Waals surface area contributed by atoms with Crippen molar-refractivity contribution in [2.24, 2.45) is 10.6 Å². The van der Waals surface area contributed by atoms with Crippen molar-refractivity contribution >= 4 is 34.4 Å². The maximum atomic E-state index is 13.7. The van der Waals surface area contributed by atoms with Gasteiger partial charge in [0.2, 0.25) is 0 Å². The molecule has 0 N–H and O–H groups in total. The van der Waals surface area contributed by atoms with Gasteiger partial charge >= 0.3 is 5.97 Å². The number of halogens is 2. The fourth-order valence-electron chi connectivity index (χ4n) is 5.95. The molecule has 0 atom stereocenters. The van der Waals surface area contributed by atoms with E-state index in [0.29, 0.717) is 19.8 Å². The number of esters is 1. The highest BCUT2D eigenvalue weighted by molar-refractivity contribution is 14.1. The third kappa shape index (κ3) is 6.14. The standard InChI is InChI=1S/C31H39FIN3O5/c1-5-38-24-16-22(27(33)28(39-6-2)26(24)21-8-10-23(32)11-9-21)18-35-19-31(20-35)17-25(34-41-31)36-14-12-30(4,13-15-36)29(37)40-7-3/h8-11,16H,5-7,12-15,17-20H2,1-4H3. The molecule has 3 aliphatic heterocycles. The van der Waals surface area contributed by atoms with Gasteiger partial charge in [-0.1, -0.05) is 17.3 Å². The first-order valence-electron chi connectivity index (χ1n) is 14.5. The number of benzene rings is 2. The smallest absolute Gasteiger partial charge is 0.311 e. The van der Waals surface area contributed by atoms with Crippen molar-refractivity contribution in [1.29, 1.82) is 0 Å². The Kier molecular flexibility index (Phi) is 8.98. The molecule has 3 heterocycles. The van der Waals surface area contributed by atoms with Crippen molar-refractivity contribution in [3.8, 4) is 22.6 Å². The SMILES string of the molecule is CCOC(=O)C1(C)CCN(C2=NOC3(C2)CN(Cc2cc(OCC)c(-c4ccc(F)cc4)c(OCC)c2I)C3)CC1. The summed E-state index contributed by atoms with van der Waals surface area (Å²) in [6, 6.07) is 8.53. The van der Waals surface area contributed by atoms with E-state index in [1.165, 1.54) is 12.1 Å². The van der Waals surface area contributed by atoms with E-state index in [1.54, 1.807) is 12.1 Å². The van der Waals surface area contributed by atoms with Gasteiger partial charge in [-0.25, -0.2) is 4.39 Å². The minimum absolute atomic E-state index is 0.101. The molecule has 2 fully saturated rings. The molecule has 10 heteroatoms. The number of piperidine rings is 1. The highest BCUT2D eigenvalue weighted by atomic mass is 127. The number of carbonyl (C=O) groups is 1. The number of hydrogen-bond acceptors (Lipinski definition) is 8. The Morgan fingerprint density at radius 3 is 2.39 bits per heavy atom. The van der Waals surface area contributed by atoms with E-state index in [4.69, 9.17) is 19.0 Å². The number of hydrogen-bond donors (Lipinski definition) is 0. The molecule has 0 amide bonds. The van der Waals surface area contributed by atoms with Gasteiger partial charge < -0.3 is 23.9 Å². The van der Waals surface area contributed by atoms with Crippen LogP contribution in [0.4, 0.5) is 4.39 Å². The second-order valence-corrected chi connectivity index (χ2v) is 12.4. The van der Waals surface area contributed by atoms with Crippen molar-refractivity contribution < 1.29 is 28.2 Å².